The molecule has 1 aromatic carbocycles. The number of carbonyl (C=O) groups excluding carboxylic acids is 1. The van der Waals surface area contributed by atoms with Gasteiger partial charge >= 0.3 is 0 Å². The van der Waals surface area contributed by atoms with Crippen molar-refractivity contribution in [2.24, 2.45) is 11.7 Å². The fraction of sp³-hybridized carbons (Fsp3) is 0.533. The van der Waals surface area contributed by atoms with Crippen LogP contribution in [0.5, 0.6) is 0 Å². The Morgan fingerprint density at radius 1 is 1.50 bits per heavy atom. The fourth-order valence-corrected chi connectivity index (χ4v) is 2.59. The van der Waals surface area contributed by atoms with Gasteiger partial charge in [0.05, 0.1) is 0 Å². The number of para-hydroxylation sites is 1. The van der Waals surface area contributed by atoms with Crippen LogP contribution >= 0.6 is 0 Å². The topological polar surface area (TPSA) is 46.3 Å². The van der Waals surface area contributed by atoms with Crippen molar-refractivity contribution < 1.29 is 4.79 Å². The number of nitrogens with zero attached hydrogens (tertiary/aromatic N) is 1. The molecule has 1 amide bonds. The second kappa shape index (κ2) is 5.53. The Labute approximate surface area is 109 Å². The van der Waals surface area contributed by atoms with Crippen molar-refractivity contribution in [1.82, 2.24) is 0 Å². The molecule has 3 nitrogen and oxygen atoms in total. The predicted molar refractivity (Wildman–Crippen MR) is 74.7 cm³/mol. The summed E-state index contributed by atoms with van der Waals surface area (Å²) in [6, 6.07) is 6.29. The van der Waals surface area contributed by atoms with E-state index in [1.165, 1.54) is 11.1 Å². The fourth-order valence-electron chi connectivity index (χ4n) is 2.59. The van der Waals surface area contributed by atoms with Gasteiger partial charge < -0.3 is 10.6 Å². The molecule has 0 radical (unpaired) electrons. The average Bonchev–Trinajstić information content (AvgIpc) is 2.38. The minimum atomic E-state index is 0.211. The number of carbonyl (C=O) groups is 1. The number of amides is 1. The molecule has 1 aromatic rings. The normalized spacial score (nSPS) is 16.3. The third-order valence-corrected chi connectivity index (χ3v) is 3.65. The van der Waals surface area contributed by atoms with Gasteiger partial charge in [-0.05, 0) is 43.4 Å². The first kappa shape index (κ1) is 13.1. The maximum Gasteiger partial charge on any atom is 0.227 e. The number of fused-ring (bicyclic) bond motifs is 1. The molecule has 1 atom stereocenters. The van der Waals surface area contributed by atoms with Gasteiger partial charge in [-0.15, -0.1) is 0 Å². The minimum absolute atomic E-state index is 0.211. The van der Waals surface area contributed by atoms with Gasteiger partial charge in [0.25, 0.3) is 0 Å². The SMILES string of the molecule is Cc1cccc2c1N(C(=O)CC(C)CN)CCC2. The van der Waals surface area contributed by atoms with Crippen LogP contribution in [0.25, 0.3) is 0 Å². The van der Waals surface area contributed by atoms with Crippen molar-refractivity contribution in [3.63, 3.8) is 0 Å². The molecule has 1 aliphatic rings. The van der Waals surface area contributed by atoms with Crippen LogP contribution in [0.4, 0.5) is 5.69 Å². The van der Waals surface area contributed by atoms with Gasteiger partial charge in [0.2, 0.25) is 5.91 Å². The van der Waals surface area contributed by atoms with Crippen LogP contribution in [0.2, 0.25) is 0 Å². The predicted octanol–water partition coefficient (Wildman–Crippen LogP) is 2.26. The Hall–Kier alpha value is -1.35. The maximum atomic E-state index is 12.4. The van der Waals surface area contributed by atoms with Crippen LogP contribution in [-0.4, -0.2) is 19.0 Å². The third-order valence-electron chi connectivity index (χ3n) is 3.65. The summed E-state index contributed by atoms with van der Waals surface area (Å²) in [7, 11) is 0. The minimum Gasteiger partial charge on any atom is -0.330 e. The van der Waals surface area contributed by atoms with E-state index < -0.39 is 0 Å². The number of rotatable bonds is 3. The molecule has 1 unspecified atom stereocenters. The number of anilines is 1. The first-order valence-corrected chi connectivity index (χ1v) is 6.72. The lowest BCUT2D eigenvalue weighted by Gasteiger charge is -2.31. The summed E-state index contributed by atoms with van der Waals surface area (Å²) >= 11 is 0. The summed E-state index contributed by atoms with van der Waals surface area (Å²) in [4.78, 5) is 14.3. The summed E-state index contributed by atoms with van der Waals surface area (Å²) in [6.45, 7) is 5.52. The lowest BCUT2D eigenvalue weighted by Crippen LogP contribution is -2.37. The molecular formula is C15H22N2O. The average molecular weight is 246 g/mol. The number of hydrogen-bond donors (Lipinski definition) is 1. The van der Waals surface area contributed by atoms with E-state index in [2.05, 4.69) is 25.1 Å². The van der Waals surface area contributed by atoms with Crippen LogP contribution in [-0.2, 0) is 11.2 Å². The Morgan fingerprint density at radius 3 is 3.00 bits per heavy atom. The molecule has 2 rings (SSSR count). The van der Waals surface area contributed by atoms with E-state index in [4.69, 9.17) is 5.73 Å². The standard InChI is InChI=1S/C15H22N2O/c1-11(10-16)9-14(18)17-8-4-7-13-6-3-5-12(2)15(13)17/h3,5-6,11H,4,7-10,16H2,1-2H3. The molecule has 0 bridgehead atoms. The van der Waals surface area contributed by atoms with Crippen LogP contribution < -0.4 is 10.6 Å². The molecule has 1 aliphatic heterocycles. The molecule has 98 valence electrons. The lowest BCUT2D eigenvalue weighted by atomic mass is 9.97. The molecule has 0 fully saturated rings. The van der Waals surface area contributed by atoms with Crippen LogP contribution in [0, 0.1) is 12.8 Å². The maximum absolute atomic E-state index is 12.4. The van der Waals surface area contributed by atoms with Gasteiger partial charge in [-0.2, -0.15) is 0 Å². The van der Waals surface area contributed by atoms with E-state index in [9.17, 15) is 4.79 Å². The summed E-state index contributed by atoms with van der Waals surface area (Å²) in [6.07, 6.45) is 2.68. The summed E-state index contributed by atoms with van der Waals surface area (Å²) in [5.74, 6) is 0.468. The van der Waals surface area contributed by atoms with E-state index in [1.54, 1.807) is 0 Å². The monoisotopic (exact) mass is 246 g/mol. The molecule has 18 heavy (non-hydrogen) atoms. The smallest absolute Gasteiger partial charge is 0.227 e. The number of hydrogen-bond acceptors (Lipinski definition) is 2. The quantitative estimate of drug-likeness (QED) is 0.889. The highest BCUT2D eigenvalue weighted by atomic mass is 16.2. The van der Waals surface area contributed by atoms with Crippen molar-refractivity contribution in [2.75, 3.05) is 18.0 Å². The summed E-state index contributed by atoms with van der Waals surface area (Å²) in [5, 5.41) is 0. The second-order valence-corrected chi connectivity index (χ2v) is 5.28. The van der Waals surface area contributed by atoms with E-state index in [-0.39, 0.29) is 11.8 Å². The van der Waals surface area contributed by atoms with E-state index in [0.29, 0.717) is 13.0 Å². The molecule has 0 spiro atoms. The lowest BCUT2D eigenvalue weighted by molar-refractivity contribution is -0.119. The summed E-state index contributed by atoms with van der Waals surface area (Å²) < 4.78 is 0. The molecule has 0 aromatic heterocycles. The molecule has 0 saturated carbocycles. The molecule has 3 heteroatoms. The largest absolute Gasteiger partial charge is 0.330 e. The molecule has 1 heterocycles. The summed E-state index contributed by atoms with van der Waals surface area (Å²) in [5.41, 5.74) is 9.24. The highest BCUT2D eigenvalue weighted by molar-refractivity contribution is 5.95. The highest BCUT2D eigenvalue weighted by Crippen LogP contribution is 2.31. The van der Waals surface area contributed by atoms with Gasteiger partial charge in [0.15, 0.2) is 0 Å². The van der Waals surface area contributed by atoms with Crippen LogP contribution in [0.1, 0.15) is 30.9 Å². The van der Waals surface area contributed by atoms with Crippen molar-refractivity contribution in [2.45, 2.75) is 33.1 Å². The number of aryl methyl sites for hydroxylation is 2. The van der Waals surface area contributed by atoms with E-state index in [0.717, 1.165) is 25.1 Å². The highest BCUT2D eigenvalue weighted by Gasteiger charge is 2.24. The van der Waals surface area contributed by atoms with Gasteiger partial charge in [-0.1, -0.05) is 25.1 Å². The van der Waals surface area contributed by atoms with Gasteiger partial charge in [-0.3, -0.25) is 4.79 Å². The molecular weight excluding hydrogens is 224 g/mol. The van der Waals surface area contributed by atoms with Crippen LogP contribution in [0.15, 0.2) is 18.2 Å². The Kier molecular flexibility index (Phi) is 4.02. The third kappa shape index (κ3) is 2.56. The van der Waals surface area contributed by atoms with Crippen molar-refractivity contribution >= 4 is 11.6 Å². The van der Waals surface area contributed by atoms with Gasteiger partial charge in [-0.25, -0.2) is 0 Å². The van der Waals surface area contributed by atoms with Crippen molar-refractivity contribution in [1.29, 1.82) is 0 Å². The number of nitrogens with two attached hydrogens (primary N) is 1. The molecule has 0 aliphatic carbocycles. The van der Waals surface area contributed by atoms with Crippen molar-refractivity contribution in [3.05, 3.63) is 29.3 Å². The Balaban J connectivity index is 2.24. The Morgan fingerprint density at radius 2 is 2.28 bits per heavy atom. The second-order valence-electron chi connectivity index (χ2n) is 5.28. The van der Waals surface area contributed by atoms with Gasteiger partial charge in [0, 0.05) is 18.7 Å². The molecule has 0 saturated heterocycles. The number of benzene rings is 1. The van der Waals surface area contributed by atoms with Gasteiger partial charge in [0.1, 0.15) is 0 Å². The van der Waals surface area contributed by atoms with Crippen LogP contribution in [0.3, 0.4) is 0 Å². The Bertz CT molecular complexity index is 442. The molecule has 2 N–H and O–H groups in total. The zero-order valence-corrected chi connectivity index (χ0v) is 11.3. The zero-order valence-electron chi connectivity index (χ0n) is 11.3. The van der Waals surface area contributed by atoms with E-state index in [1.807, 2.05) is 11.8 Å². The first-order chi connectivity index (χ1) is 8.63. The van der Waals surface area contributed by atoms with Crippen molar-refractivity contribution in [3.8, 4) is 0 Å². The van der Waals surface area contributed by atoms with E-state index >= 15 is 0 Å². The zero-order chi connectivity index (χ0) is 13.1. The first-order valence-electron chi connectivity index (χ1n) is 6.72.